The summed E-state index contributed by atoms with van der Waals surface area (Å²) in [5, 5.41) is 0.558. The zero-order valence-corrected chi connectivity index (χ0v) is 24.1. The van der Waals surface area contributed by atoms with Crippen molar-refractivity contribution >= 4 is 16.8 Å². The van der Waals surface area contributed by atoms with Crippen molar-refractivity contribution in [1.82, 2.24) is 19.4 Å². The van der Waals surface area contributed by atoms with E-state index in [1.807, 2.05) is 88.3 Å². The van der Waals surface area contributed by atoms with E-state index in [2.05, 4.69) is 30.0 Å². The molecule has 0 N–H and O–H groups in total. The van der Waals surface area contributed by atoms with Crippen molar-refractivity contribution in [3.05, 3.63) is 105 Å². The summed E-state index contributed by atoms with van der Waals surface area (Å²) in [6, 6.07) is 21.0. The molecule has 4 rings (SSSR count). The fourth-order valence-electron chi connectivity index (χ4n) is 5.00. The molecule has 6 heteroatoms. The molecule has 204 valence electrons. The lowest BCUT2D eigenvalue weighted by Gasteiger charge is -2.32. The van der Waals surface area contributed by atoms with Crippen LogP contribution in [0.5, 0.6) is 0 Å². The quantitative estimate of drug-likeness (QED) is 0.251. The molecule has 0 aliphatic rings. The van der Waals surface area contributed by atoms with E-state index >= 15 is 0 Å². The standard InChI is InChI=1S/C33H40N4O2/c1-7-8-11-26-15-17-27(18-16-26)32(38)36(21-20-35(5)6)25(4)31-34-29-13-10-9-12-28(29)33(39)37(31)30-19-14-23(2)22-24(30)3/h9-10,12-19,22,25H,7-8,11,20-21H2,1-6H3. The molecule has 0 spiro atoms. The Hall–Kier alpha value is -3.77. The first-order valence-corrected chi connectivity index (χ1v) is 13.8. The fraction of sp³-hybridized carbons (Fsp3) is 0.364. The number of nitrogens with zero attached hydrogens (tertiary/aromatic N) is 4. The van der Waals surface area contributed by atoms with Crippen LogP contribution in [0.3, 0.4) is 0 Å². The van der Waals surface area contributed by atoms with E-state index in [4.69, 9.17) is 4.98 Å². The Labute approximate surface area is 231 Å². The summed E-state index contributed by atoms with van der Waals surface area (Å²) < 4.78 is 1.70. The molecule has 1 amide bonds. The zero-order chi connectivity index (χ0) is 28.1. The van der Waals surface area contributed by atoms with Crippen molar-refractivity contribution in [3.63, 3.8) is 0 Å². The third kappa shape index (κ3) is 6.28. The minimum Gasteiger partial charge on any atom is -0.327 e. The Morgan fingerprint density at radius 2 is 1.69 bits per heavy atom. The van der Waals surface area contributed by atoms with Gasteiger partial charge in [-0.25, -0.2) is 4.98 Å². The van der Waals surface area contributed by atoms with Gasteiger partial charge in [0, 0.05) is 18.7 Å². The molecule has 0 bridgehead atoms. The molecule has 0 saturated heterocycles. The van der Waals surface area contributed by atoms with Crippen LogP contribution in [-0.2, 0) is 6.42 Å². The van der Waals surface area contributed by atoms with Crippen LogP contribution in [0.2, 0.25) is 0 Å². The lowest BCUT2D eigenvalue weighted by molar-refractivity contribution is 0.0667. The van der Waals surface area contributed by atoms with Gasteiger partial charge in [0.05, 0.1) is 22.6 Å². The van der Waals surface area contributed by atoms with E-state index in [1.165, 1.54) is 5.56 Å². The van der Waals surface area contributed by atoms with Crippen LogP contribution in [0.25, 0.3) is 16.6 Å². The predicted octanol–water partition coefficient (Wildman–Crippen LogP) is 6.11. The second-order valence-electron chi connectivity index (χ2n) is 10.7. The third-order valence-corrected chi connectivity index (χ3v) is 7.30. The second kappa shape index (κ2) is 12.4. The molecular weight excluding hydrogens is 484 g/mol. The van der Waals surface area contributed by atoms with E-state index in [1.54, 1.807) is 4.57 Å². The number of para-hydroxylation sites is 1. The molecule has 0 fully saturated rings. The van der Waals surface area contributed by atoms with Crippen LogP contribution in [0.1, 0.15) is 65.6 Å². The summed E-state index contributed by atoms with van der Waals surface area (Å²) in [6.45, 7) is 9.39. The van der Waals surface area contributed by atoms with Gasteiger partial charge in [-0.15, -0.1) is 0 Å². The molecule has 4 aromatic rings. The summed E-state index contributed by atoms with van der Waals surface area (Å²) in [7, 11) is 3.99. The number of likely N-dealkylation sites (N-methyl/N-ethyl adjacent to an activating group) is 1. The second-order valence-corrected chi connectivity index (χ2v) is 10.7. The molecular formula is C33H40N4O2. The third-order valence-electron chi connectivity index (χ3n) is 7.30. The van der Waals surface area contributed by atoms with Gasteiger partial charge in [0.2, 0.25) is 0 Å². The highest BCUT2D eigenvalue weighted by Gasteiger charge is 2.28. The molecule has 0 saturated carbocycles. The molecule has 6 nitrogen and oxygen atoms in total. The van der Waals surface area contributed by atoms with Crippen molar-refractivity contribution in [3.8, 4) is 5.69 Å². The lowest BCUT2D eigenvalue weighted by atomic mass is 10.0. The van der Waals surface area contributed by atoms with Crippen LogP contribution >= 0.6 is 0 Å². The topological polar surface area (TPSA) is 58.4 Å². The maximum absolute atomic E-state index is 14.0. The van der Waals surface area contributed by atoms with Gasteiger partial charge in [-0.2, -0.15) is 0 Å². The van der Waals surface area contributed by atoms with Gasteiger partial charge in [0.1, 0.15) is 5.82 Å². The average Bonchev–Trinajstić information content (AvgIpc) is 2.92. The number of carbonyl (C=O) groups excluding carboxylic acids is 1. The Bertz CT molecular complexity index is 1500. The number of rotatable bonds is 10. The van der Waals surface area contributed by atoms with Crippen molar-refractivity contribution in [2.24, 2.45) is 0 Å². The van der Waals surface area contributed by atoms with Crippen LogP contribution in [0.4, 0.5) is 0 Å². The number of fused-ring (bicyclic) bond motifs is 1. The first kappa shape index (κ1) is 28.2. The van der Waals surface area contributed by atoms with Crippen LogP contribution in [0.15, 0.2) is 71.5 Å². The van der Waals surface area contributed by atoms with Crippen LogP contribution in [-0.4, -0.2) is 52.4 Å². The zero-order valence-electron chi connectivity index (χ0n) is 24.1. The first-order valence-electron chi connectivity index (χ1n) is 13.8. The van der Waals surface area contributed by atoms with Crippen molar-refractivity contribution in [2.45, 2.75) is 53.0 Å². The van der Waals surface area contributed by atoms with E-state index in [0.29, 0.717) is 35.4 Å². The Kier molecular flexibility index (Phi) is 8.97. The molecule has 0 aliphatic carbocycles. The van der Waals surface area contributed by atoms with Crippen molar-refractivity contribution < 1.29 is 4.79 Å². The Morgan fingerprint density at radius 1 is 0.974 bits per heavy atom. The van der Waals surface area contributed by atoms with Gasteiger partial charge in [-0.1, -0.05) is 55.3 Å². The molecule has 1 atom stereocenters. The monoisotopic (exact) mass is 524 g/mol. The van der Waals surface area contributed by atoms with Gasteiger partial charge >= 0.3 is 0 Å². The number of unbranched alkanes of at least 4 members (excludes halogenated alkanes) is 1. The number of carbonyl (C=O) groups is 1. The summed E-state index contributed by atoms with van der Waals surface area (Å²) in [5.74, 6) is 0.485. The van der Waals surface area contributed by atoms with Crippen LogP contribution in [0, 0.1) is 13.8 Å². The van der Waals surface area contributed by atoms with E-state index in [9.17, 15) is 9.59 Å². The minimum atomic E-state index is -0.449. The molecule has 0 aliphatic heterocycles. The van der Waals surface area contributed by atoms with Gasteiger partial charge in [-0.05, 0) is 89.2 Å². The maximum Gasteiger partial charge on any atom is 0.266 e. The molecule has 0 radical (unpaired) electrons. The maximum atomic E-state index is 14.0. The highest BCUT2D eigenvalue weighted by atomic mass is 16.2. The Morgan fingerprint density at radius 3 is 2.36 bits per heavy atom. The SMILES string of the molecule is CCCCc1ccc(C(=O)N(CCN(C)C)C(C)c2nc3ccccc3c(=O)n2-c2ccc(C)cc2C)cc1. The van der Waals surface area contributed by atoms with Crippen molar-refractivity contribution in [2.75, 3.05) is 27.2 Å². The highest BCUT2D eigenvalue weighted by Crippen LogP contribution is 2.26. The van der Waals surface area contributed by atoms with Crippen LogP contribution < -0.4 is 5.56 Å². The molecule has 39 heavy (non-hydrogen) atoms. The smallest absolute Gasteiger partial charge is 0.266 e. The molecule has 1 heterocycles. The highest BCUT2D eigenvalue weighted by molar-refractivity contribution is 5.94. The van der Waals surface area contributed by atoms with Gasteiger partial charge in [0.15, 0.2) is 0 Å². The average molecular weight is 525 g/mol. The van der Waals surface area contributed by atoms with Gasteiger partial charge in [0.25, 0.3) is 11.5 Å². The number of hydrogen-bond acceptors (Lipinski definition) is 4. The van der Waals surface area contributed by atoms with Gasteiger partial charge < -0.3 is 9.80 Å². The lowest BCUT2D eigenvalue weighted by Crippen LogP contribution is -2.41. The number of amides is 1. The molecule has 1 aromatic heterocycles. The summed E-state index contributed by atoms with van der Waals surface area (Å²) in [5.41, 5.74) is 5.27. The molecule has 3 aromatic carbocycles. The fourth-order valence-corrected chi connectivity index (χ4v) is 5.00. The number of aryl methyl sites for hydroxylation is 3. The first-order chi connectivity index (χ1) is 18.7. The summed E-state index contributed by atoms with van der Waals surface area (Å²) in [4.78, 5) is 36.9. The number of aromatic nitrogens is 2. The van der Waals surface area contributed by atoms with Gasteiger partial charge in [-0.3, -0.25) is 14.2 Å². The summed E-state index contributed by atoms with van der Waals surface area (Å²) >= 11 is 0. The molecule has 1 unspecified atom stereocenters. The number of hydrogen-bond donors (Lipinski definition) is 0. The normalized spacial score (nSPS) is 12.2. The predicted molar refractivity (Wildman–Crippen MR) is 160 cm³/mol. The van der Waals surface area contributed by atoms with E-state index in [0.717, 1.165) is 36.1 Å². The van der Waals surface area contributed by atoms with E-state index in [-0.39, 0.29) is 11.5 Å². The minimum absolute atomic E-state index is 0.0685. The van der Waals surface area contributed by atoms with Crippen molar-refractivity contribution in [1.29, 1.82) is 0 Å². The van der Waals surface area contributed by atoms with E-state index < -0.39 is 6.04 Å². The number of benzene rings is 3. The summed E-state index contributed by atoms with van der Waals surface area (Å²) in [6.07, 6.45) is 3.27. The largest absolute Gasteiger partial charge is 0.327 e. The Balaban J connectivity index is 1.84.